The maximum absolute atomic E-state index is 13.1. The van der Waals surface area contributed by atoms with Crippen molar-refractivity contribution in [3.05, 3.63) is 0 Å². The van der Waals surface area contributed by atoms with Gasteiger partial charge >= 0.3 is 0 Å². The Morgan fingerprint density at radius 1 is 0.738 bits per heavy atom. The predicted molar refractivity (Wildman–Crippen MR) is 159 cm³/mol. The van der Waals surface area contributed by atoms with E-state index < -0.39 is 17.4 Å². The average Bonchev–Trinajstić information content (AvgIpc) is 2.92. The van der Waals surface area contributed by atoms with Crippen LogP contribution >= 0.6 is 0 Å². The van der Waals surface area contributed by atoms with Gasteiger partial charge in [0.1, 0.15) is 6.04 Å². The van der Waals surface area contributed by atoms with E-state index in [-0.39, 0.29) is 49.8 Å². The van der Waals surface area contributed by atoms with Gasteiger partial charge in [0.05, 0.1) is 64.9 Å². The molecule has 42 heavy (non-hydrogen) atoms. The lowest BCUT2D eigenvalue weighted by Gasteiger charge is -2.28. The summed E-state index contributed by atoms with van der Waals surface area (Å²) in [5, 5.41) is 11.0. The third kappa shape index (κ3) is 23.3. The Kier molecular flexibility index (Phi) is 22.8. The monoisotopic (exact) mass is 604 g/mol. The second kappa shape index (κ2) is 24.2. The van der Waals surface area contributed by atoms with Crippen molar-refractivity contribution < 1.29 is 42.9 Å². The normalized spacial score (nSPS) is 12.4. The minimum atomic E-state index is -0.900. The van der Waals surface area contributed by atoms with Crippen molar-refractivity contribution in [3.63, 3.8) is 0 Å². The van der Waals surface area contributed by atoms with Gasteiger partial charge < -0.3 is 45.0 Å². The topological polar surface area (TPSA) is 163 Å². The molecule has 0 radical (unpaired) electrons. The molecule has 246 valence electrons. The van der Waals surface area contributed by atoms with Crippen LogP contribution in [-0.2, 0) is 42.9 Å². The van der Waals surface area contributed by atoms with Crippen molar-refractivity contribution in [3.8, 4) is 0 Å². The maximum Gasteiger partial charge on any atom is 0.242 e. The number of ether oxygens (including phenoxy) is 5. The molecule has 0 heterocycles. The summed E-state index contributed by atoms with van der Waals surface area (Å²) in [7, 11) is 1.61. The van der Waals surface area contributed by atoms with Crippen molar-refractivity contribution >= 4 is 24.1 Å². The van der Waals surface area contributed by atoms with Crippen LogP contribution in [0, 0.1) is 10.8 Å². The van der Waals surface area contributed by atoms with Crippen molar-refractivity contribution in [2.75, 3.05) is 86.2 Å². The van der Waals surface area contributed by atoms with Gasteiger partial charge in [0, 0.05) is 33.2 Å². The molecule has 0 aromatic heterocycles. The van der Waals surface area contributed by atoms with Crippen LogP contribution in [0.4, 0.5) is 0 Å². The smallest absolute Gasteiger partial charge is 0.242 e. The Bertz CT molecular complexity index is 745. The molecular formula is C29H56N4O9. The number of unbranched alkanes of at least 4 members (excludes halogenated alkanes) is 1. The van der Waals surface area contributed by atoms with E-state index in [4.69, 9.17) is 23.7 Å². The van der Waals surface area contributed by atoms with Gasteiger partial charge in [0.25, 0.3) is 0 Å². The Labute approximate surface area is 251 Å². The van der Waals surface area contributed by atoms with Gasteiger partial charge in [-0.05, 0) is 38.5 Å². The molecule has 0 bridgehead atoms. The SMILES string of the molecule is COCCOCCOCCOCCNC(=O)[C@H](CCC(=O)NCCCCNC=O)NC(=O)C(C)(C)COCC(C)(C)C. The number of rotatable bonds is 27. The molecule has 0 aromatic carbocycles. The molecule has 0 unspecified atom stereocenters. The van der Waals surface area contributed by atoms with Gasteiger partial charge in [-0.15, -0.1) is 0 Å². The van der Waals surface area contributed by atoms with Gasteiger partial charge in [-0.1, -0.05) is 20.8 Å². The van der Waals surface area contributed by atoms with E-state index in [1.165, 1.54) is 0 Å². The standard InChI is InChI=1S/C29H56N4O9/c1-28(2,3)21-42-22-29(4,5)27(37)33-24(9-10-25(35)31-12-8-7-11-30-23-34)26(36)32-13-14-39-17-18-41-20-19-40-16-15-38-6/h23-24H,7-22H2,1-6H3,(H,30,34)(H,31,35)(H,32,36)(H,33,37)/t24-/m0/s1. The second-order valence-electron chi connectivity index (χ2n) is 11.8. The van der Waals surface area contributed by atoms with Crippen LogP contribution in [0.2, 0.25) is 0 Å². The molecule has 0 aliphatic rings. The van der Waals surface area contributed by atoms with Crippen LogP contribution in [0.15, 0.2) is 0 Å². The highest BCUT2D eigenvalue weighted by atomic mass is 16.6. The summed E-state index contributed by atoms with van der Waals surface area (Å²) in [6, 6.07) is -0.900. The maximum atomic E-state index is 13.1. The Hall–Kier alpha value is -2.32. The van der Waals surface area contributed by atoms with Crippen LogP contribution in [0.5, 0.6) is 0 Å². The zero-order valence-electron chi connectivity index (χ0n) is 26.6. The molecule has 0 aliphatic carbocycles. The van der Waals surface area contributed by atoms with E-state index in [1.54, 1.807) is 21.0 Å². The summed E-state index contributed by atoms with van der Waals surface area (Å²) >= 11 is 0. The van der Waals surface area contributed by atoms with Crippen molar-refractivity contribution in [2.24, 2.45) is 10.8 Å². The molecule has 0 aliphatic heterocycles. The number of nitrogens with one attached hydrogen (secondary N) is 4. The summed E-state index contributed by atoms with van der Waals surface area (Å²) in [6.45, 7) is 14.6. The highest BCUT2D eigenvalue weighted by Crippen LogP contribution is 2.20. The van der Waals surface area contributed by atoms with Gasteiger partial charge in [-0.3, -0.25) is 19.2 Å². The van der Waals surface area contributed by atoms with E-state index in [2.05, 4.69) is 21.3 Å². The first-order valence-electron chi connectivity index (χ1n) is 14.7. The van der Waals surface area contributed by atoms with Crippen molar-refractivity contribution in [1.29, 1.82) is 0 Å². The Morgan fingerprint density at radius 2 is 1.33 bits per heavy atom. The van der Waals surface area contributed by atoms with Gasteiger partial charge in [-0.25, -0.2) is 0 Å². The van der Waals surface area contributed by atoms with E-state index >= 15 is 0 Å². The minimum absolute atomic E-state index is 0.0416. The zero-order chi connectivity index (χ0) is 31.7. The number of carbonyl (C=O) groups is 4. The molecule has 0 saturated heterocycles. The fourth-order valence-electron chi connectivity index (χ4n) is 3.36. The Morgan fingerprint density at radius 3 is 1.93 bits per heavy atom. The quantitative estimate of drug-likeness (QED) is 0.0785. The molecule has 13 nitrogen and oxygen atoms in total. The fourth-order valence-corrected chi connectivity index (χ4v) is 3.36. The number of hydrogen-bond acceptors (Lipinski definition) is 9. The van der Waals surface area contributed by atoms with E-state index in [9.17, 15) is 19.2 Å². The molecule has 1 atom stereocenters. The first-order chi connectivity index (χ1) is 19.9. The summed E-state index contributed by atoms with van der Waals surface area (Å²) < 4.78 is 26.9. The summed E-state index contributed by atoms with van der Waals surface area (Å²) in [4.78, 5) is 48.7. The number of carbonyl (C=O) groups excluding carboxylic acids is 4. The summed E-state index contributed by atoms with van der Waals surface area (Å²) in [6.07, 6.45) is 2.29. The fraction of sp³-hybridized carbons (Fsp3) is 0.862. The van der Waals surface area contributed by atoms with E-state index in [1.807, 2.05) is 20.8 Å². The lowest BCUT2D eigenvalue weighted by Crippen LogP contribution is -2.52. The van der Waals surface area contributed by atoms with Gasteiger partial charge in [0.15, 0.2) is 0 Å². The highest BCUT2D eigenvalue weighted by Gasteiger charge is 2.32. The summed E-state index contributed by atoms with van der Waals surface area (Å²) in [5.74, 6) is -0.944. The lowest BCUT2D eigenvalue weighted by atomic mass is 9.92. The third-order valence-electron chi connectivity index (χ3n) is 5.77. The second-order valence-corrected chi connectivity index (χ2v) is 11.8. The Balaban J connectivity index is 4.67. The molecule has 0 spiro atoms. The number of methoxy groups -OCH3 is 1. The molecule has 13 heteroatoms. The largest absolute Gasteiger partial charge is 0.382 e. The molecule has 4 amide bonds. The number of hydrogen-bond donors (Lipinski definition) is 4. The molecule has 0 saturated carbocycles. The van der Waals surface area contributed by atoms with Crippen molar-refractivity contribution in [1.82, 2.24) is 21.3 Å². The first-order valence-corrected chi connectivity index (χ1v) is 14.7. The molecule has 4 N–H and O–H groups in total. The van der Waals surface area contributed by atoms with E-state index in [0.717, 1.165) is 6.42 Å². The minimum Gasteiger partial charge on any atom is -0.382 e. The van der Waals surface area contributed by atoms with Crippen LogP contribution in [-0.4, -0.2) is 116 Å². The number of amides is 4. The third-order valence-corrected chi connectivity index (χ3v) is 5.77. The molecule has 0 rings (SSSR count). The first kappa shape index (κ1) is 39.7. The van der Waals surface area contributed by atoms with E-state index in [0.29, 0.717) is 72.2 Å². The molecular weight excluding hydrogens is 548 g/mol. The van der Waals surface area contributed by atoms with Gasteiger partial charge in [-0.2, -0.15) is 0 Å². The zero-order valence-corrected chi connectivity index (χ0v) is 26.6. The van der Waals surface area contributed by atoms with Crippen LogP contribution in [0.1, 0.15) is 60.3 Å². The molecule has 0 aromatic rings. The lowest BCUT2D eigenvalue weighted by molar-refractivity contribution is -0.137. The van der Waals surface area contributed by atoms with Crippen LogP contribution < -0.4 is 21.3 Å². The predicted octanol–water partition coefficient (Wildman–Crippen LogP) is 0.795. The summed E-state index contributed by atoms with van der Waals surface area (Å²) in [5.41, 5.74) is -0.917. The highest BCUT2D eigenvalue weighted by molar-refractivity contribution is 5.90. The van der Waals surface area contributed by atoms with Gasteiger partial charge in [0.2, 0.25) is 24.1 Å². The average molecular weight is 605 g/mol. The van der Waals surface area contributed by atoms with Crippen LogP contribution in [0.3, 0.4) is 0 Å². The van der Waals surface area contributed by atoms with Crippen LogP contribution in [0.25, 0.3) is 0 Å². The van der Waals surface area contributed by atoms with Crippen molar-refractivity contribution in [2.45, 2.75) is 66.3 Å². The molecule has 0 fully saturated rings.